The van der Waals surface area contributed by atoms with E-state index in [0.717, 1.165) is 18.5 Å². The second-order valence-electron chi connectivity index (χ2n) is 6.45. The molecule has 2 aromatic heterocycles. The van der Waals surface area contributed by atoms with Gasteiger partial charge in [0.1, 0.15) is 5.82 Å². The van der Waals surface area contributed by atoms with E-state index in [1.165, 1.54) is 42.5 Å². The van der Waals surface area contributed by atoms with Crippen LogP contribution in [0.3, 0.4) is 0 Å². The van der Waals surface area contributed by atoms with Gasteiger partial charge in [-0.15, -0.1) is 0 Å². The van der Waals surface area contributed by atoms with Gasteiger partial charge in [0.05, 0.1) is 15.5 Å². The van der Waals surface area contributed by atoms with E-state index in [4.69, 9.17) is 5.73 Å². The zero-order valence-electron chi connectivity index (χ0n) is 15.1. The first-order chi connectivity index (χ1) is 13.4. The fourth-order valence-electron chi connectivity index (χ4n) is 2.51. The fourth-order valence-corrected chi connectivity index (χ4v) is 3.71. The average molecular weight is 423 g/mol. The third-order valence-electron chi connectivity index (χ3n) is 4.41. The smallest absolute Gasteiger partial charge is 0.384 e. The van der Waals surface area contributed by atoms with Gasteiger partial charge in [-0.3, -0.25) is 4.98 Å². The Balaban J connectivity index is 1.88. The van der Waals surface area contributed by atoms with Gasteiger partial charge in [-0.2, -0.15) is 13.2 Å². The molecule has 6 nitrogen and oxygen atoms in total. The molecule has 10 heteroatoms. The molecule has 1 atom stereocenters. The monoisotopic (exact) mass is 423 g/mol. The van der Waals surface area contributed by atoms with Crippen LogP contribution < -0.4 is 5.73 Å². The maximum Gasteiger partial charge on any atom is 0.421 e. The second-order valence-corrected chi connectivity index (χ2v) is 8.40. The Labute approximate surface area is 164 Å². The molecule has 0 bridgehead atoms. The molecular weight excluding hydrogens is 407 g/mol. The number of rotatable bonds is 4. The molecule has 1 aromatic carbocycles. The van der Waals surface area contributed by atoms with E-state index in [0.29, 0.717) is 18.2 Å². The number of anilines is 1. The Morgan fingerprint density at radius 3 is 2.00 bits per heavy atom. The predicted octanol–water partition coefficient (Wildman–Crippen LogP) is 3.33. The van der Waals surface area contributed by atoms with E-state index in [-0.39, 0.29) is 15.6 Å². The Bertz CT molecular complexity index is 1110. The predicted molar refractivity (Wildman–Crippen MR) is 99.4 cm³/mol. The summed E-state index contributed by atoms with van der Waals surface area (Å²) in [5, 5.41) is 9.69. The summed E-state index contributed by atoms with van der Waals surface area (Å²) in [6.07, 6.45) is -2.75. The summed E-state index contributed by atoms with van der Waals surface area (Å²) < 4.78 is 64.0. The minimum absolute atomic E-state index is 0.0173. The minimum atomic E-state index is -4.84. The van der Waals surface area contributed by atoms with Crippen LogP contribution in [0.2, 0.25) is 0 Å². The van der Waals surface area contributed by atoms with E-state index in [9.17, 15) is 26.7 Å². The average Bonchev–Trinajstić information content (AvgIpc) is 2.68. The first-order valence-corrected chi connectivity index (χ1v) is 9.74. The number of hydrogen-bond donors (Lipinski definition) is 2. The fraction of sp³-hybridized carbons (Fsp3) is 0.158. The summed E-state index contributed by atoms with van der Waals surface area (Å²) in [6, 6.07) is 10.9. The Kier molecular flexibility index (Phi) is 5.10. The van der Waals surface area contributed by atoms with Crippen molar-refractivity contribution in [2.75, 3.05) is 5.73 Å². The molecule has 0 spiro atoms. The van der Waals surface area contributed by atoms with Crippen LogP contribution in [-0.2, 0) is 15.4 Å². The highest BCUT2D eigenvalue weighted by Crippen LogP contribution is 2.38. The first-order valence-electron chi connectivity index (χ1n) is 8.25. The molecule has 3 aromatic rings. The number of benzene rings is 1. The molecule has 1 unspecified atom stereocenters. The standard InChI is InChI=1S/C19H16F3N3O3S/c1-18(26,19(20,21)22)13-4-8-16(24-10-13)12-2-5-14(6-3-12)29(27,28)15-7-9-17(23)25-11-15/h2-11,26H,1H3,(H2,23,25). The number of sulfone groups is 1. The molecule has 0 aliphatic rings. The molecule has 152 valence electrons. The molecule has 0 amide bonds. The van der Waals surface area contributed by atoms with Crippen molar-refractivity contribution in [3.05, 3.63) is 66.5 Å². The number of nitrogens with zero attached hydrogens (tertiary/aromatic N) is 2. The molecule has 0 saturated heterocycles. The lowest BCUT2D eigenvalue weighted by Crippen LogP contribution is -2.39. The number of alkyl halides is 3. The van der Waals surface area contributed by atoms with Crippen molar-refractivity contribution in [3.8, 4) is 11.3 Å². The Hall–Kier alpha value is -2.98. The second kappa shape index (κ2) is 7.12. The Morgan fingerprint density at radius 2 is 1.52 bits per heavy atom. The van der Waals surface area contributed by atoms with E-state index in [1.54, 1.807) is 0 Å². The summed E-state index contributed by atoms with van der Waals surface area (Å²) >= 11 is 0. The zero-order valence-corrected chi connectivity index (χ0v) is 15.9. The summed E-state index contributed by atoms with van der Waals surface area (Å²) in [5.41, 5.74) is 2.86. The zero-order chi connectivity index (χ0) is 21.4. The largest absolute Gasteiger partial charge is 0.421 e. The van der Waals surface area contributed by atoms with Crippen molar-refractivity contribution in [1.29, 1.82) is 0 Å². The van der Waals surface area contributed by atoms with Crippen LogP contribution in [0.4, 0.5) is 19.0 Å². The summed E-state index contributed by atoms with van der Waals surface area (Å²) in [5.74, 6) is 0.193. The normalized spacial score (nSPS) is 14.4. The number of nitrogens with two attached hydrogens (primary N) is 1. The van der Waals surface area contributed by atoms with Crippen LogP contribution in [0.25, 0.3) is 11.3 Å². The van der Waals surface area contributed by atoms with Gasteiger partial charge in [0.2, 0.25) is 9.84 Å². The van der Waals surface area contributed by atoms with Crippen molar-refractivity contribution in [1.82, 2.24) is 9.97 Å². The van der Waals surface area contributed by atoms with Crippen molar-refractivity contribution >= 4 is 15.7 Å². The molecular formula is C19H16F3N3O3S. The van der Waals surface area contributed by atoms with Crippen LogP contribution >= 0.6 is 0 Å². The molecule has 3 N–H and O–H groups in total. The minimum Gasteiger partial charge on any atom is -0.384 e. The summed E-state index contributed by atoms with van der Waals surface area (Å²) in [4.78, 5) is 7.73. The van der Waals surface area contributed by atoms with Crippen LogP contribution in [0.1, 0.15) is 12.5 Å². The van der Waals surface area contributed by atoms with Crippen LogP contribution in [0.5, 0.6) is 0 Å². The maximum atomic E-state index is 12.9. The summed E-state index contributed by atoms with van der Waals surface area (Å²) in [6.45, 7) is 0.648. The molecule has 0 fully saturated rings. The number of aliphatic hydroxyl groups is 1. The highest BCUT2D eigenvalue weighted by molar-refractivity contribution is 7.91. The van der Waals surface area contributed by atoms with Crippen molar-refractivity contribution < 1.29 is 26.7 Å². The van der Waals surface area contributed by atoms with Crippen molar-refractivity contribution in [2.24, 2.45) is 0 Å². The highest BCUT2D eigenvalue weighted by atomic mass is 32.2. The lowest BCUT2D eigenvalue weighted by Gasteiger charge is -2.26. The van der Waals surface area contributed by atoms with Crippen LogP contribution in [0, 0.1) is 0 Å². The lowest BCUT2D eigenvalue weighted by atomic mass is 9.96. The third kappa shape index (κ3) is 3.94. The number of nitrogen functional groups attached to an aromatic ring is 1. The third-order valence-corrected chi connectivity index (χ3v) is 6.16. The van der Waals surface area contributed by atoms with E-state index in [1.807, 2.05) is 0 Å². The molecule has 2 heterocycles. The van der Waals surface area contributed by atoms with Gasteiger partial charge in [-0.1, -0.05) is 18.2 Å². The summed E-state index contributed by atoms with van der Waals surface area (Å²) in [7, 11) is -3.79. The Morgan fingerprint density at radius 1 is 0.897 bits per heavy atom. The van der Waals surface area contributed by atoms with Crippen LogP contribution in [0.15, 0.2) is 70.7 Å². The molecule has 3 rings (SSSR count). The van der Waals surface area contributed by atoms with Crippen molar-refractivity contribution in [2.45, 2.75) is 28.5 Å². The SMILES string of the molecule is CC(O)(c1ccc(-c2ccc(S(=O)(=O)c3ccc(N)nc3)cc2)nc1)C(F)(F)F. The van der Waals surface area contributed by atoms with Gasteiger partial charge >= 0.3 is 6.18 Å². The highest BCUT2D eigenvalue weighted by Gasteiger charge is 2.51. The van der Waals surface area contributed by atoms with Gasteiger partial charge < -0.3 is 10.8 Å². The number of aromatic nitrogens is 2. The van der Waals surface area contributed by atoms with Gasteiger partial charge in [0.25, 0.3) is 0 Å². The van der Waals surface area contributed by atoms with E-state index < -0.39 is 27.2 Å². The molecule has 0 saturated carbocycles. The van der Waals surface area contributed by atoms with Gasteiger partial charge in [-0.25, -0.2) is 13.4 Å². The quantitative estimate of drug-likeness (QED) is 0.667. The molecule has 29 heavy (non-hydrogen) atoms. The van der Waals surface area contributed by atoms with Crippen molar-refractivity contribution in [3.63, 3.8) is 0 Å². The van der Waals surface area contributed by atoms with Crippen LogP contribution in [-0.4, -0.2) is 29.7 Å². The van der Waals surface area contributed by atoms with E-state index >= 15 is 0 Å². The van der Waals surface area contributed by atoms with Gasteiger partial charge in [0.15, 0.2) is 5.60 Å². The molecule has 0 radical (unpaired) electrons. The first kappa shape index (κ1) is 20.7. The molecule has 0 aliphatic carbocycles. The molecule has 0 aliphatic heterocycles. The maximum absolute atomic E-state index is 12.9. The lowest BCUT2D eigenvalue weighted by molar-refractivity contribution is -0.259. The number of pyridine rings is 2. The number of halogens is 3. The van der Waals surface area contributed by atoms with Gasteiger partial charge in [-0.05, 0) is 37.3 Å². The van der Waals surface area contributed by atoms with E-state index in [2.05, 4.69) is 9.97 Å². The van der Waals surface area contributed by atoms with Gasteiger partial charge in [0, 0.05) is 23.5 Å². The topological polar surface area (TPSA) is 106 Å². The number of hydrogen-bond acceptors (Lipinski definition) is 6.